The summed E-state index contributed by atoms with van der Waals surface area (Å²) in [5, 5.41) is 29.6. The Bertz CT molecular complexity index is 1500. The van der Waals surface area contributed by atoms with Crippen LogP contribution < -0.4 is 10.6 Å². The predicted molar refractivity (Wildman–Crippen MR) is 186 cm³/mol. The molecule has 5 atom stereocenters. The van der Waals surface area contributed by atoms with Gasteiger partial charge in [-0.15, -0.1) is 11.8 Å². The summed E-state index contributed by atoms with van der Waals surface area (Å²) in [6.07, 6.45) is 3.46. The molecule has 1 fully saturated rings. The molecule has 2 aliphatic rings. The average Bonchev–Trinajstić information content (AvgIpc) is 3.35. The summed E-state index contributed by atoms with van der Waals surface area (Å²) in [5.41, 5.74) is 3.71. The van der Waals surface area contributed by atoms with Crippen molar-refractivity contribution in [2.24, 2.45) is 5.92 Å². The highest BCUT2D eigenvalue weighted by molar-refractivity contribution is 7.98. The number of nitrogens with zero attached hydrogens (tertiary/aromatic N) is 3. The highest BCUT2D eigenvalue weighted by Gasteiger charge is 2.37. The van der Waals surface area contributed by atoms with Gasteiger partial charge in [0, 0.05) is 56.8 Å². The van der Waals surface area contributed by atoms with Gasteiger partial charge in [-0.1, -0.05) is 60.7 Å². The zero-order valence-corrected chi connectivity index (χ0v) is 28.7. The third-order valence-electron chi connectivity index (χ3n) is 9.01. The average molecular weight is 660 g/mol. The first-order valence-corrected chi connectivity index (χ1v) is 17.8. The Balaban J connectivity index is 1.29. The third-order valence-corrected chi connectivity index (χ3v) is 9.77. The smallest absolute Gasteiger partial charge is 0.239 e. The molecule has 1 saturated heterocycles. The van der Waals surface area contributed by atoms with E-state index in [4.69, 9.17) is 0 Å². The van der Waals surface area contributed by atoms with Crippen molar-refractivity contribution >= 4 is 23.6 Å². The maximum atomic E-state index is 13.9. The van der Waals surface area contributed by atoms with Gasteiger partial charge in [0.05, 0.1) is 18.2 Å². The van der Waals surface area contributed by atoms with Crippen LogP contribution in [0.1, 0.15) is 55.5 Å². The molecule has 1 aromatic heterocycles. The molecule has 0 unspecified atom stereocenters. The Kier molecular flexibility index (Phi) is 11.7. The number of carbonyl (C=O) groups excluding carboxylic acids is 2. The molecule has 4 N–H and O–H groups in total. The molecular weight excluding hydrogens is 611 g/mol. The minimum absolute atomic E-state index is 0.0712. The molecule has 0 bridgehead atoms. The van der Waals surface area contributed by atoms with Gasteiger partial charge in [0.1, 0.15) is 11.1 Å². The van der Waals surface area contributed by atoms with E-state index in [1.54, 1.807) is 18.0 Å². The van der Waals surface area contributed by atoms with Crippen molar-refractivity contribution in [1.82, 2.24) is 25.4 Å². The second-order valence-corrected chi connectivity index (χ2v) is 14.7. The number of fused-ring (bicyclic) bond motifs is 1. The van der Waals surface area contributed by atoms with Gasteiger partial charge in [0.15, 0.2) is 0 Å². The molecule has 2 heterocycles. The lowest BCUT2D eigenvalue weighted by atomic mass is 9.91. The molecule has 252 valence electrons. The number of hydrogen-bond acceptors (Lipinski definition) is 8. The molecule has 10 heteroatoms. The number of aliphatic hydroxyl groups excluding tert-OH is 2. The number of benzene rings is 2. The molecule has 47 heavy (non-hydrogen) atoms. The van der Waals surface area contributed by atoms with Gasteiger partial charge in [-0.25, -0.2) is 4.98 Å². The Morgan fingerprint density at radius 3 is 2.53 bits per heavy atom. The molecule has 9 nitrogen and oxygen atoms in total. The first-order valence-electron chi connectivity index (χ1n) is 16.5. The van der Waals surface area contributed by atoms with Crippen LogP contribution in [-0.4, -0.2) is 93.0 Å². The fourth-order valence-corrected chi connectivity index (χ4v) is 7.35. The summed E-state index contributed by atoms with van der Waals surface area (Å²) in [4.78, 5) is 36.4. The van der Waals surface area contributed by atoms with Crippen LogP contribution >= 0.6 is 11.8 Å². The van der Waals surface area contributed by atoms with Gasteiger partial charge >= 0.3 is 0 Å². The number of aromatic nitrogens is 1. The molecule has 3 aromatic rings. The number of amides is 2. The number of thioether (sulfide) groups is 1. The number of pyridine rings is 1. The molecule has 0 radical (unpaired) electrons. The maximum Gasteiger partial charge on any atom is 0.239 e. The quantitative estimate of drug-likeness (QED) is 0.218. The lowest BCUT2D eigenvalue weighted by Gasteiger charge is -2.42. The van der Waals surface area contributed by atoms with Crippen LogP contribution in [0, 0.1) is 5.92 Å². The van der Waals surface area contributed by atoms with Crippen molar-refractivity contribution in [1.29, 1.82) is 0 Å². The Morgan fingerprint density at radius 2 is 1.79 bits per heavy atom. The SMILES string of the molecule is CSc1ncccc1CN1CCN(C[C@@H](O)C[C@H](Cc2ccccc2)C(=O)N[C@H]2c3ccccc3C[C@H]2O)[C@H](C(=O)NC(C)(C)C)C1. The van der Waals surface area contributed by atoms with Crippen LogP contribution in [-0.2, 0) is 29.0 Å². The van der Waals surface area contributed by atoms with Crippen LogP contribution in [0.2, 0.25) is 0 Å². The van der Waals surface area contributed by atoms with E-state index in [0.717, 1.165) is 33.8 Å². The first-order chi connectivity index (χ1) is 22.5. The Hall–Kier alpha value is -3.28. The van der Waals surface area contributed by atoms with E-state index in [-0.39, 0.29) is 24.8 Å². The topological polar surface area (TPSA) is 118 Å². The van der Waals surface area contributed by atoms with Gasteiger partial charge in [0.2, 0.25) is 11.8 Å². The second kappa shape index (κ2) is 15.7. The van der Waals surface area contributed by atoms with E-state index in [0.29, 0.717) is 32.5 Å². The lowest BCUT2D eigenvalue weighted by molar-refractivity contribution is -0.132. The number of nitrogens with one attached hydrogen (secondary N) is 2. The summed E-state index contributed by atoms with van der Waals surface area (Å²) >= 11 is 1.62. The van der Waals surface area contributed by atoms with Crippen LogP contribution in [0.4, 0.5) is 0 Å². The van der Waals surface area contributed by atoms with E-state index in [9.17, 15) is 19.8 Å². The molecule has 1 aliphatic heterocycles. The number of carbonyl (C=O) groups is 2. The van der Waals surface area contributed by atoms with Crippen LogP contribution in [0.15, 0.2) is 78.0 Å². The van der Waals surface area contributed by atoms with E-state index in [2.05, 4.69) is 31.5 Å². The van der Waals surface area contributed by atoms with Crippen molar-refractivity contribution in [3.05, 3.63) is 95.2 Å². The normalized spacial score (nSPS) is 21.5. The number of rotatable bonds is 12. The van der Waals surface area contributed by atoms with Gasteiger partial charge in [0.25, 0.3) is 0 Å². The standard InChI is InChI=1S/C37H49N5O4S/c1-37(2,3)40-35(46)31-24-41(22-27-14-10-16-38-36(27)47-4)17-18-42(31)23-29(43)20-28(19-25-11-6-5-7-12-25)34(45)39-33-30-15-9-8-13-26(30)21-32(33)44/h5-16,28-29,31-33,43-44H,17-24H2,1-4H3,(H,39,45)(H,40,46)/t28-,29-,31-,32+,33-/m0/s1. The highest BCUT2D eigenvalue weighted by atomic mass is 32.2. The predicted octanol–water partition coefficient (Wildman–Crippen LogP) is 3.59. The zero-order chi connectivity index (χ0) is 33.6. The highest BCUT2D eigenvalue weighted by Crippen LogP contribution is 2.32. The Morgan fingerprint density at radius 1 is 1.04 bits per heavy atom. The maximum absolute atomic E-state index is 13.9. The van der Waals surface area contributed by atoms with Gasteiger partial charge < -0.3 is 20.8 Å². The molecular formula is C37H49N5O4S. The van der Waals surface area contributed by atoms with Crippen molar-refractivity contribution < 1.29 is 19.8 Å². The van der Waals surface area contributed by atoms with Crippen molar-refractivity contribution in [2.75, 3.05) is 32.4 Å². The number of β-amino-alcohol motifs (C(OH)–C–C–N with tert-alkyl or cyclic N) is 1. The van der Waals surface area contributed by atoms with E-state index in [1.807, 2.05) is 87.7 Å². The van der Waals surface area contributed by atoms with Crippen molar-refractivity contribution in [3.63, 3.8) is 0 Å². The summed E-state index contributed by atoms with van der Waals surface area (Å²) < 4.78 is 0. The fourth-order valence-electron chi connectivity index (χ4n) is 6.78. The zero-order valence-electron chi connectivity index (χ0n) is 27.9. The number of aliphatic hydroxyl groups is 2. The molecule has 2 aromatic carbocycles. The third kappa shape index (κ3) is 9.42. The molecule has 0 saturated carbocycles. The van der Waals surface area contributed by atoms with Crippen LogP contribution in [0.5, 0.6) is 0 Å². The molecule has 0 spiro atoms. The van der Waals surface area contributed by atoms with Gasteiger partial charge in [-0.3, -0.25) is 19.4 Å². The van der Waals surface area contributed by atoms with Crippen molar-refractivity contribution in [3.8, 4) is 0 Å². The number of piperazine rings is 1. The Labute approximate surface area is 283 Å². The summed E-state index contributed by atoms with van der Waals surface area (Å²) in [6.45, 7) is 8.73. The largest absolute Gasteiger partial charge is 0.392 e. The minimum Gasteiger partial charge on any atom is -0.392 e. The van der Waals surface area contributed by atoms with Crippen LogP contribution in [0.25, 0.3) is 0 Å². The summed E-state index contributed by atoms with van der Waals surface area (Å²) in [6, 6.07) is 20.7. The van der Waals surface area contributed by atoms with E-state index >= 15 is 0 Å². The monoisotopic (exact) mass is 659 g/mol. The fraction of sp³-hybridized carbons (Fsp3) is 0.486. The summed E-state index contributed by atoms with van der Waals surface area (Å²) in [7, 11) is 0. The van der Waals surface area contributed by atoms with E-state index in [1.165, 1.54) is 0 Å². The molecule has 1 aliphatic carbocycles. The molecule has 5 rings (SSSR count). The first kappa shape index (κ1) is 35.0. The summed E-state index contributed by atoms with van der Waals surface area (Å²) in [5.74, 6) is -0.786. The van der Waals surface area contributed by atoms with Crippen molar-refractivity contribution in [2.45, 2.75) is 81.4 Å². The lowest BCUT2D eigenvalue weighted by Crippen LogP contribution is -2.62. The second-order valence-electron chi connectivity index (χ2n) is 13.9. The molecule has 2 amide bonds. The number of hydrogen-bond donors (Lipinski definition) is 4. The minimum atomic E-state index is -0.840. The van der Waals surface area contributed by atoms with Crippen LogP contribution in [0.3, 0.4) is 0 Å². The van der Waals surface area contributed by atoms with Gasteiger partial charge in [-0.2, -0.15) is 0 Å². The van der Waals surface area contributed by atoms with Gasteiger partial charge in [-0.05, 0) is 68.2 Å². The van der Waals surface area contributed by atoms with E-state index < -0.39 is 35.7 Å².